The second-order valence-electron chi connectivity index (χ2n) is 4.87. The topological polar surface area (TPSA) is 145 Å². The molecule has 126 valence electrons. The fraction of sp³-hybridized carbons (Fsp3) is 1.00. The first-order valence-electron chi connectivity index (χ1n) is 6.01. The van der Waals surface area contributed by atoms with Gasteiger partial charge in [0, 0.05) is 10.4 Å². The van der Waals surface area contributed by atoms with Crippen LogP contribution in [0.4, 0.5) is 0 Å². The molecule has 0 amide bonds. The average Bonchev–Trinajstić information content (AvgIpc) is 2.14. The van der Waals surface area contributed by atoms with Crippen LogP contribution in [0.5, 0.6) is 0 Å². The van der Waals surface area contributed by atoms with Crippen LogP contribution in [0.1, 0.15) is 0 Å². The van der Waals surface area contributed by atoms with E-state index in [2.05, 4.69) is 21.1 Å². The molecule has 0 spiro atoms. The first-order valence-corrected chi connectivity index (χ1v) is 7.34. The zero-order valence-corrected chi connectivity index (χ0v) is 13.4. The van der Waals surface area contributed by atoms with Crippen LogP contribution in [0, 0.1) is 0 Å². The quantitative estimate of drug-likeness (QED) is 0.221. The molecule has 0 aliphatic rings. The average molecular weight is 320 g/mol. The van der Waals surface area contributed by atoms with Crippen molar-refractivity contribution in [3.8, 4) is 0 Å². The van der Waals surface area contributed by atoms with E-state index >= 15 is 0 Å². The predicted molar refractivity (Wildman–Crippen MR) is 71.3 cm³/mol. The smallest absolute Gasteiger partial charge is 0.102 e. The van der Waals surface area contributed by atoms with Gasteiger partial charge in [-0.2, -0.15) is 0 Å². The van der Waals surface area contributed by atoms with Gasteiger partial charge in [-0.15, -0.1) is 0 Å². The highest BCUT2D eigenvalue weighted by Gasteiger charge is 2.18. The summed E-state index contributed by atoms with van der Waals surface area (Å²) >= 11 is 0. The normalized spacial score (nSPS) is 11.3. The van der Waals surface area contributed by atoms with Crippen molar-refractivity contribution in [2.45, 2.75) is 0 Å². The number of nitrogens with zero attached hydrogens (tertiary/aromatic N) is 1. The molecular formula is C10H28N2O7S. The maximum absolute atomic E-state index is 8.68. The van der Waals surface area contributed by atoms with E-state index in [0.29, 0.717) is 24.1 Å². The minimum Gasteiger partial charge on any atom is -0.759 e. The standard InChI is InChI=1S/C7H18NO3.C3H9N.H2O4S/c1-8(2-5-9,3-6-10)4-7-11;1-4(2)3;1-5(2,3)4/h9-11H,2-7H2,1H3;1-3H3;(H2,1,2,3,4)/q+1;;/p-1. The number of aliphatic hydroxyl groups is 3. The Labute approximate surface area is 121 Å². The molecule has 0 aliphatic heterocycles. The molecule has 20 heavy (non-hydrogen) atoms. The van der Waals surface area contributed by atoms with E-state index in [1.807, 2.05) is 7.05 Å². The third-order valence-electron chi connectivity index (χ3n) is 1.92. The van der Waals surface area contributed by atoms with Gasteiger partial charge in [-0.1, -0.05) is 0 Å². The van der Waals surface area contributed by atoms with Crippen LogP contribution in [0.25, 0.3) is 0 Å². The fourth-order valence-corrected chi connectivity index (χ4v) is 1.06. The van der Waals surface area contributed by atoms with Gasteiger partial charge in [0.25, 0.3) is 0 Å². The number of aliphatic hydroxyl groups excluding tert-OH is 3. The van der Waals surface area contributed by atoms with Crippen LogP contribution >= 0.6 is 0 Å². The Kier molecular flexibility index (Phi) is 16.8. The highest BCUT2D eigenvalue weighted by molar-refractivity contribution is 7.79. The van der Waals surface area contributed by atoms with E-state index in [9.17, 15) is 0 Å². The number of quaternary nitrogens is 2. The van der Waals surface area contributed by atoms with E-state index in [1.165, 1.54) is 4.90 Å². The molecule has 0 bridgehead atoms. The predicted octanol–water partition coefficient (Wildman–Crippen LogP) is -4.17. The molecule has 0 unspecified atom stereocenters. The molecule has 0 fully saturated rings. The molecule has 0 rings (SSSR count). The van der Waals surface area contributed by atoms with E-state index in [1.54, 1.807) is 0 Å². The summed E-state index contributed by atoms with van der Waals surface area (Å²) in [6, 6.07) is 0. The first-order chi connectivity index (χ1) is 8.91. The van der Waals surface area contributed by atoms with Crippen molar-refractivity contribution in [3.05, 3.63) is 0 Å². The Hall–Kier alpha value is -0.330. The lowest BCUT2D eigenvalue weighted by Crippen LogP contribution is -3.02. The summed E-state index contributed by atoms with van der Waals surface area (Å²) in [6.45, 7) is 2.03. The zero-order valence-electron chi connectivity index (χ0n) is 12.6. The molecule has 4 N–H and O–H groups in total. The number of hydrogen-bond acceptors (Lipinski definition) is 7. The Morgan fingerprint density at radius 3 is 1.15 bits per heavy atom. The Morgan fingerprint density at radius 1 is 0.900 bits per heavy atom. The SMILES string of the molecule is C[N+](CCO)(CCO)CCO.C[NH+](C)C.O=S(=O)([O-])[O-]. The molecule has 0 aromatic rings. The Morgan fingerprint density at radius 2 is 1.05 bits per heavy atom. The van der Waals surface area contributed by atoms with Gasteiger partial charge < -0.3 is 33.8 Å². The zero-order chi connectivity index (χ0) is 16.8. The summed E-state index contributed by atoms with van der Waals surface area (Å²) in [5, 5.41) is 26.0. The summed E-state index contributed by atoms with van der Waals surface area (Å²) in [6.07, 6.45) is 0. The number of likely N-dealkylation sites (N-methyl/N-ethyl adjacent to an activating group) is 1. The minimum absolute atomic E-state index is 0.0938. The molecule has 0 aromatic carbocycles. The lowest BCUT2D eigenvalue weighted by molar-refractivity contribution is -0.910. The molecular weight excluding hydrogens is 292 g/mol. The number of hydrogen-bond donors (Lipinski definition) is 4. The van der Waals surface area contributed by atoms with Gasteiger partial charge in [0.05, 0.1) is 48.0 Å². The molecule has 0 heterocycles. The molecule has 0 radical (unpaired) electrons. The monoisotopic (exact) mass is 320 g/mol. The minimum atomic E-state index is -5.17. The van der Waals surface area contributed by atoms with E-state index in [-0.39, 0.29) is 19.8 Å². The third kappa shape index (κ3) is 36.1. The third-order valence-corrected chi connectivity index (χ3v) is 1.92. The fourth-order valence-electron chi connectivity index (χ4n) is 1.06. The van der Waals surface area contributed by atoms with E-state index in [4.69, 9.17) is 32.8 Å². The molecule has 0 aliphatic carbocycles. The second kappa shape index (κ2) is 13.6. The maximum atomic E-state index is 8.68. The van der Waals surface area contributed by atoms with Crippen LogP contribution in [0.3, 0.4) is 0 Å². The molecule has 0 saturated carbocycles. The van der Waals surface area contributed by atoms with Gasteiger partial charge in [-0.25, -0.2) is 0 Å². The Bertz CT molecular complexity index is 268. The first kappa shape index (κ1) is 24.7. The van der Waals surface area contributed by atoms with Crippen molar-refractivity contribution in [1.82, 2.24) is 0 Å². The molecule has 0 atom stereocenters. The summed E-state index contributed by atoms with van der Waals surface area (Å²) < 4.78 is 34.6. The van der Waals surface area contributed by atoms with Crippen molar-refractivity contribution >= 4 is 10.4 Å². The molecule has 0 saturated heterocycles. The van der Waals surface area contributed by atoms with Crippen LogP contribution < -0.4 is 4.90 Å². The highest BCUT2D eigenvalue weighted by atomic mass is 32.3. The largest absolute Gasteiger partial charge is 0.759 e. The van der Waals surface area contributed by atoms with Gasteiger partial charge >= 0.3 is 0 Å². The van der Waals surface area contributed by atoms with Gasteiger partial charge in [0.2, 0.25) is 0 Å². The number of rotatable bonds is 6. The molecule has 10 heteroatoms. The summed E-state index contributed by atoms with van der Waals surface area (Å²) in [5.41, 5.74) is 0. The van der Waals surface area contributed by atoms with Crippen LogP contribution in [0.2, 0.25) is 0 Å². The van der Waals surface area contributed by atoms with Crippen molar-refractivity contribution in [3.63, 3.8) is 0 Å². The van der Waals surface area contributed by atoms with Crippen molar-refractivity contribution < 1.29 is 42.2 Å². The van der Waals surface area contributed by atoms with E-state index < -0.39 is 10.4 Å². The van der Waals surface area contributed by atoms with Gasteiger partial charge in [-0.3, -0.25) is 8.42 Å². The van der Waals surface area contributed by atoms with Gasteiger partial charge in [-0.05, 0) is 0 Å². The molecule has 0 aromatic heterocycles. The Balaban J connectivity index is -0.000000266. The van der Waals surface area contributed by atoms with Crippen molar-refractivity contribution in [2.75, 3.05) is 67.6 Å². The maximum Gasteiger partial charge on any atom is 0.102 e. The van der Waals surface area contributed by atoms with Crippen LogP contribution in [0.15, 0.2) is 0 Å². The van der Waals surface area contributed by atoms with Crippen molar-refractivity contribution in [1.29, 1.82) is 0 Å². The summed E-state index contributed by atoms with van der Waals surface area (Å²) in [5.74, 6) is 0. The summed E-state index contributed by atoms with van der Waals surface area (Å²) in [7, 11) is 2.99. The lowest BCUT2D eigenvalue weighted by Gasteiger charge is -2.32. The summed E-state index contributed by atoms with van der Waals surface area (Å²) in [4.78, 5) is 1.42. The van der Waals surface area contributed by atoms with Crippen LogP contribution in [-0.2, 0) is 10.4 Å². The lowest BCUT2D eigenvalue weighted by atomic mass is 10.4. The van der Waals surface area contributed by atoms with Crippen LogP contribution in [-0.4, -0.2) is 105 Å². The molecule has 9 nitrogen and oxygen atoms in total. The highest BCUT2D eigenvalue weighted by Crippen LogP contribution is 1.99. The number of nitrogens with one attached hydrogen (secondary N) is 1. The van der Waals surface area contributed by atoms with Crippen molar-refractivity contribution in [2.24, 2.45) is 0 Å². The van der Waals surface area contributed by atoms with Gasteiger partial charge in [0.15, 0.2) is 0 Å². The second-order valence-corrected chi connectivity index (χ2v) is 5.69. The van der Waals surface area contributed by atoms with E-state index in [0.717, 1.165) is 0 Å². The van der Waals surface area contributed by atoms with Gasteiger partial charge in [0.1, 0.15) is 19.6 Å².